The van der Waals surface area contributed by atoms with E-state index in [0.717, 1.165) is 17.7 Å². The van der Waals surface area contributed by atoms with Crippen LogP contribution in [0, 0.1) is 5.82 Å². The van der Waals surface area contributed by atoms with E-state index in [9.17, 15) is 14.3 Å². The largest absolute Gasteiger partial charge is 0.387 e. The summed E-state index contributed by atoms with van der Waals surface area (Å²) in [6.45, 7) is 0.675. The SMILES string of the molecule is O=C(c1cccnc1NCC(O)c1ccc(Cl)c(F)c1)N1CCc2ccccc21. The number of pyridine rings is 1. The number of rotatable bonds is 5. The quantitative estimate of drug-likeness (QED) is 0.659. The molecule has 29 heavy (non-hydrogen) atoms. The molecule has 0 fully saturated rings. The van der Waals surface area contributed by atoms with Crippen LogP contribution in [0.25, 0.3) is 0 Å². The highest BCUT2D eigenvalue weighted by molar-refractivity contribution is 6.30. The van der Waals surface area contributed by atoms with Gasteiger partial charge in [0.15, 0.2) is 0 Å². The normalized spacial score (nSPS) is 13.8. The van der Waals surface area contributed by atoms with E-state index < -0.39 is 11.9 Å². The van der Waals surface area contributed by atoms with Gasteiger partial charge in [0.05, 0.1) is 16.7 Å². The zero-order valence-corrected chi connectivity index (χ0v) is 16.2. The number of nitrogens with one attached hydrogen (secondary N) is 1. The minimum atomic E-state index is -0.987. The maximum Gasteiger partial charge on any atom is 0.262 e. The van der Waals surface area contributed by atoms with Crippen LogP contribution in [-0.4, -0.2) is 29.1 Å². The zero-order valence-electron chi connectivity index (χ0n) is 15.5. The molecular formula is C22H19ClFN3O2. The second kappa shape index (κ2) is 8.19. The van der Waals surface area contributed by atoms with Crippen LogP contribution in [0.5, 0.6) is 0 Å². The second-order valence-electron chi connectivity index (χ2n) is 6.81. The van der Waals surface area contributed by atoms with Crippen LogP contribution in [0.1, 0.15) is 27.6 Å². The number of carbonyl (C=O) groups is 1. The van der Waals surface area contributed by atoms with E-state index >= 15 is 0 Å². The van der Waals surface area contributed by atoms with Gasteiger partial charge in [-0.2, -0.15) is 0 Å². The van der Waals surface area contributed by atoms with Gasteiger partial charge in [0.1, 0.15) is 11.6 Å². The van der Waals surface area contributed by atoms with Crippen LogP contribution in [0.15, 0.2) is 60.8 Å². The molecule has 0 radical (unpaired) electrons. The summed E-state index contributed by atoms with van der Waals surface area (Å²) in [4.78, 5) is 19.1. The summed E-state index contributed by atoms with van der Waals surface area (Å²) in [7, 11) is 0. The number of para-hydroxylation sites is 1. The summed E-state index contributed by atoms with van der Waals surface area (Å²) < 4.78 is 13.6. The van der Waals surface area contributed by atoms with Gasteiger partial charge in [0.2, 0.25) is 0 Å². The third kappa shape index (κ3) is 3.95. The van der Waals surface area contributed by atoms with Crippen LogP contribution in [0.4, 0.5) is 15.9 Å². The first-order valence-corrected chi connectivity index (χ1v) is 9.64. The number of anilines is 2. The van der Waals surface area contributed by atoms with Crippen LogP contribution >= 0.6 is 11.6 Å². The number of hydrogen-bond donors (Lipinski definition) is 2. The fraction of sp³-hybridized carbons (Fsp3) is 0.182. The molecule has 0 spiro atoms. The van der Waals surface area contributed by atoms with Crippen LogP contribution in [0.3, 0.4) is 0 Å². The van der Waals surface area contributed by atoms with Crippen LogP contribution < -0.4 is 10.2 Å². The number of benzene rings is 2. The molecule has 1 aromatic heterocycles. The first kappa shape index (κ1) is 19.4. The van der Waals surface area contributed by atoms with Crippen molar-refractivity contribution in [3.8, 4) is 0 Å². The lowest BCUT2D eigenvalue weighted by Gasteiger charge is -2.20. The molecule has 1 aliphatic rings. The highest BCUT2D eigenvalue weighted by atomic mass is 35.5. The van der Waals surface area contributed by atoms with Crippen molar-refractivity contribution < 1.29 is 14.3 Å². The topological polar surface area (TPSA) is 65.5 Å². The third-order valence-electron chi connectivity index (χ3n) is 4.96. The predicted octanol–water partition coefficient (Wildman–Crippen LogP) is 4.22. The molecule has 0 aliphatic carbocycles. The molecule has 1 atom stereocenters. The average Bonchev–Trinajstić information content (AvgIpc) is 3.18. The highest BCUT2D eigenvalue weighted by Crippen LogP contribution is 2.30. The number of aliphatic hydroxyl groups excluding tert-OH is 1. The van der Waals surface area contributed by atoms with Crippen molar-refractivity contribution in [1.82, 2.24) is 4.98 Å². The van der Waals surface area contributed by atoms with E-state index in [1.807, 2.05) is 24.3 Å². The van der Waals surface area contributed by atoms with Crippen molar-refractivity contribution in [2.24, 2.45) is 0 Å². The summed E-state index contributed by atoms with van der Waals surface area (Å²) in [5.41, 5.74) is 2.85. The molecule has 4 rings (SSSR count). The lowest BCUT2D eigenvalue weighted by atomic mass is 10.1. The molecule has 0 saturated heterocycles. The van der Waals surface area contributed by atoms with Crippen LogP contribution in [0.2, 0.25) is 5.02 Å². The lowest BCUT2D eigenvalue weighted by molar-refractivity contribution is 0.0989. The summed E-state index contributed by atoms with van der Waals surface area (Å²) in [6, 6.07) is 15.4. The van der Waals surface area contributed by atoms with E-state index in [1.54, 1.807) is 29.3 Å². The van der Waals surface area contributed by atoms with Crippen molar-refractivity contribution in [3.05, 3.63) is 88.3 Å². The van der Waals surface area contributed by atoms with E-state index in [0.29, 0.717) is 23.5 Å². The van der Waals surface area contributed by atoms with E-state index in [2.05, 4.69) is 10.3 Å². The Balaban J connectivity index is 1.51. The van der Waals surface area contributed by atoms with Crippen molar-refractivity contribution in [1.29, 1.82) is 0 Å². The maximum atomic E-state index is 13.6. The van der Waals surface area contributed by atoms with Gasteiger partial charge in [-0.15, -0.1) is 0 Å². The highest BCUT2D eigenvalue weighted by Gasteiger charge is 2.27. The molecule has 2 N–H and O–H groups in total. The maximum absolute atomic E-state index is 13.6. The summed E-state index contributed by atoms with van der Waals surface area (Å²) in [5, 5.41) is 13.4. The zero-order chi connectivity index (χ0) is 20.4. The first-order chi connectivity index (χ1) is 14.0. The van der Waals surface area contributed by atoms with E-state index in [1.165, 1.54) is 12.1 Å². The summed E-state index contributed by atoms with van der Waals surface area (Å²) >= 11 is 5.69. The van der Waals surface area contributed by atoms with Gasteiger partial charge < -0.3 is 15.3 Å². The number of aliphatic hydroxyl groups is 1. The fourth-order valence-electron chi connectivity index (χ4n) is 3.44. The Kier molecular flexibility index (Phi) is 5.47. The number of aromatic nitrogens is 1. The molecule has 7 heteroatoms. The standard InChI is InChI=1S/C22H19ClFN3O2/c23-17-8-7-15(12-18(17)24)20(28)13-26-21-16(5-3-10-25-21)22(29)27-11-9-14-4-1-2-6-19(14)27/h1-8,10,12,20,28H,9,11,13H2,(H,25,26). The van der Waals surface area contributed by atoms with Crippen LogP contribution in [-0.2, 0) is 6.42 Å². The Morgan fingerprint density at radius 2 is 2.07 bits per heavy atom. The van der Waals surface area contributed by atoms with Crippen molar-refractivity contribution >= 4 is 29.0 Å². The monoisotopic (exact) mass is 411 g/mol. The molecule has 1 aliphatic heterocycles. The molecule has 0 saturated carbocycles. The molecule has 3 aromatic rings. The number of carbonyl (C=O) groups excluding carboxylic acids is 1. The van der Waals surface area contributed by atoms with Gasteiger partial charge in [-0.3, -0.25) is 4.79 Å². The van der Waals surface area contributed by atoms with E-state index in [4.69, 9.17) is 11.6 Å². The van der Waals surface area contributed by atoms with Gasteiger partial charge in [0.25, 0.3) is 5.91 Å². The first-order valence-electron chi connectivity index (χ1n) is 9.26. The molecular weight excluding hydrogens is 393 g/mol. The Morgan fingerprint density at radius 1 is 1.24 bits per heavy atom. The summed E-state index contributed by atoms with van der Waals surface area (Å²) in [5.74, 6) is -0.377. The Morgan fingerprint density at radius 3 is 2.90 bits per heavy atom. The molecule has 2 aromatic carbocycles. The molecule has 1 unspecified atom stereocenters. The number of amides is 1. The van der Waals surface area contributed by atoms with Gasteiger partial charge in [-0.05, 0) is 47.9 Å². The minimum absolute atomic E-state index is 0.00240. The Labute approximate surface area is 172 Å². The third-order valence-corrected chi connectivity index (χ3v) is 5.27. The lowest BCUT2D eigenvalue weighted by Crippen LogP contribution is -2.30. The molecule has 1 amide bonds. The van der Waals surface area contributed by atoms with Gasteiger partial charge in [-0.1, -0.05) is 35.9 Å². The Hall–Kier alpha value is -2.96. The number of fused-ring (bicyclic) bond motifs is 1. The Bertz CT molecular complexity index is 1060. The van der Waals surface area contributed by atoms with Crippen molar-refractivity contribution in [2.45, 2.75) is 12.5 Å². The average molecular weight is 412 g/mol. The smallest absolute Gasteiger partial charge is 0.262 e. The number of halogens is 2. The molecule has 148 valence electrons. The van der Waals surface area contributed by atoms with Crippen molar-refractivity contribution in [3.63, 3.8) is 0 Å². The molecule has 0 bridgehead atoms. The van der Waals surface area contributed by atoms with Gasteiger partial charge in [0, 0.05) is 25.0 Å². The predicted molar refractivity (Wildman–Crippen MR) is 111 cm³/mol. The van der Waals surface area contributed by atoms with Crippen molar-refractivity contribution in [2.75, 3.05) is 23.3 Å². The van der Waals surface area contributed by atoms with E-state index in [-0.39, 0.29) is 17.5 Å². The van der Waals surface area contributed by atoms with Gasteiger partial charge in [-0.25, -0.2) is 9.37 Å². The molecule has 5 nitrogen and oxygen atoms in total. The number of nitrogens with zero attached hydrogens (tertiary/aromatic N) is 2. The number of hydrogen-bond acceptors (Lipinski definition) is 4. The van der Waals surface area contributed by atoms with Gasteiger partial charge >= 0.3 is 0 Å². The summed E-state index contributed by atoms with van der Waals surface area (Å²) in [6.07, 6.45) is 1.40. The fourth-order valence-corrected chi connectivity index (χ4v) is 3.56. The minimum Gasteiger partial charge on any atom is -0.387 e. The second-order valence-corrected chi connectivity index (χ2v) is 7.21. The molecule has 2 heterocycles.